The molecule has 1 atom stereocenters. The second-order valence-electron chi connectivity index (χ2n) is 5.50. The van der Waals surface area contributed by atoms with Gasteiger partial charge in [-0.3, -0.25) is 4.79 Å². The highest BCUT2D eigenvalue weighted by Gasteiger charge is 2.29. The van der Waals surface area contributed by atoms with Crippen molar-refractivity contribution < 1.29 is 14.0 Å². The molecule has 1 amide bonds. The number of halogens is 1. The third-order valence-corrected chi connectivity index (χ3v) is 4.01. The number of carbonyl (C=O) groups is 2. The van der Waals surface area contributed by atoms with Crippen molar-refractivity contribution in [3.05, 3.63) is 66.0 Å². The van der Waals surface area contributed by atoms with E-state index in [1.165, 1.54) is 24.7 Å². The zero-order chi connectivity index (χ0) is 20.7. The van der Waals surface area contributed by atoms with Crippen LogP contribution in [0.25, 0.3) is 0 Å². The Hall–Kier alpha value is -2.53. The first kappa shape index (κ1) is 24.5. The minimum Gasteiger partial charge on any atom is -0.333 e. The maximum atomic E-state index is 13.0. The molecule has 1 aliphatic rings. The predicted molar refractivity (Wildman–Crippen MR) is 110 cm³/mol. The highest BCUT2D eigenvalue weighted by atomic mass is 19.1. The SMILES string of the molecule is C=O.CC.CN.O=C1C(Cc2ccccc2)CCCN1c1ccc(F)cc1. The number of piperidine rings is 1. The molecule has 148 valence electrons. The average Bonchev–Trinajstić information content (AvgIpc) is 2.75. The van der Waals surface area contributed by atoms with Gasteiger partial charge in [-0.2, -0.15) is 0 Å². The molecule has 0 radical (unpaired) electrons. The van der Waals surface area contributed by atoms with Crippen molar-refractivity contribution in [2.45, 2.75) is 33.1 Å². The molecule has 1 saturated heterocycles. The summed E-state index contributed by atoms with van der Waals surface area (Å²) in [7, 11) is 1.50. The van der Waals surface area contributed by atoms with E-state index in [0.717, 1.165) is 31.5 Å². The molecule has 3 rings (SSSR count). The fourth-order valence-electron chi connectivity index (χ4n) is 2.92. The number of hydrogen-bond donors (Lipinski definition) is 1. The van der Waals surface area contributed by atoms with Gasteiger partial charge in [0.15, 0.2) is 0 Å². The second-order valence-corrected chi connectivity index (χ2v) is 5.50. The van der Waals surface area contributed by atoms with Crippen molar-refractivity contribution >= 4 is 18.4 Å². The first-order chi connectivity index (χ1) is 13.2. The lowest BCUT2D eigenvalue weighted by Gasteiger charge is -2.32. The first-order valence-corrected chi connectivity index (χ1v) is 9.21. The van der Waals surface area contributed by atoms with Gasteiger partial charge in [-0.15, -0.1) is 0 Å². The van der Waals surface area contributed by atoms with Gasteiger partial charge in [0.1, 0.15) is 12.6 Å². The van der Waals surface area contributed by atoms with E-state index in [1.54, 1.807) is 17.0 Å². The van der Waals surface area contributed by atoms with Crippen LogP contribution < -0.4 is 10.6 Å². The topological polar surface area (TPSA) is 63.4 Å². The van der Waals surface area contributed by atoms with Crippen LogP contribution >= 0.6 is 0 Å². The highest BCUT2D eigenvalue weighted by molar-refractivity contribution is 5.95. The summed E-state index contributed by atoms with van der Waals surface area (Å²) in [5.41, 5.74) is 6.48. The second kappa shape index (κ2) is 14.6. The summed E-state index contributed by atoms with van der Waals surface area (Å²) >= 11 is 0. The van der Waals surface area contributed by atoms with Gasteiger partial charge < -0.3 is 15.4 Å². The van der Waals surface area contributed by atoms with Gasteiger partial charge in [-0.1, -0.05) is 44.2 Å². The fourth-order valence-corrected chi connectivity index (χ4v) is 2.92. The zero-order valence-electron chi connectivity index (χ0n) is 16.5. The van der Waals surface area contributed by atoms with Crippen molar-refractivity contribution in [3.63, 3.8) is 0 Å². The molecule has 0 aliphatic carbocycles. The fraction of sp³-hybridized carbons (Fsp3) is 0.364. The van der Waals surface area contributed by atoms with Crippen LogP contribution in [0.2, 0.25) is 0 Å². The molecular formula is C22H31FN2O2. The molecule has 0 bridgehead atoms. The van der Waals surface area contributed by atoms with Gasteiger partial charge in [0.25, 0.3) is 0 Å². The number of amides is 1. The Kier molecular flexibility index (Phi) is 13.2. The molecule has 5 heteroatoms. The lowest BCUT2D eigenvalue weighted by Crippen LogP contribution is -2.42. The van der Waals surface area contributed by atoms with Gasteiger partial charge in [0.05, 0.1) is 0 Å². The van der Waals surface area contributed by atoms with Gasteiger partial charge in [-0.25, -0.2) is 4.39 Å². The minimum absolute atomic E-state index is 0.0196. The van der Waals surface area contributed by atoms with Crippen molar-refractivity contribution in [1.82, 2.24) is 0 Å². The Morgan fingerprint density at radius 3 is 2.15 bits per heavy atom. The normalized spacial score (nSPS) is 15.2. The highest BCUT2D eigenvalue weighted by Crippen LogP contribution is 2.26. The summed E-state index contributed by atoms with van der Waals surface area (Å²) in [6.45, 7) is 6.72. The van der Waals surface area contributed by atoms with E-state index in [0.29, 0.717) is 0 Å². The summed E-state index contributed by atoms with van der Waals surface area (Å²) in [4.78, 5) is 22.4. The number of hydrogen-bond acceptors (Lipinski definition) is 3. The van der Waals surface area contributed by atoms with E-state index in [1.807, 2.05) is 38.8 Å². The smallest absolute Gasteiger partial charge is 0.230 e. The van der Waals surface area contributed by atoms with Crippen molar-refractivity contribution in [2.24, 2.45) is 11.7 Å². The lowest BCUT2D eigenvalue weighted by atomic mass is 9.90. The van der Waals surface area contributed by atoms with Gasteiger partial charge in [-0.05, 0) is 56.1 Å². The number of carbonyl (C=O) groups excluding carboxylic acids is 2. The van der Waals surface area contributed by atoms with Crippen LogP contribution in [0.4, 0.5) is 10.1 Å². The molecule has 1 unspecified atom stereocenters. The van der Waals surface area contributed by atoms with Crippen molar-refractivity contribution in [3.8, 4) is 0 Å². The summed E-state index contributed by atoms with van der Waals surface area (Å²) in [5.74, 6) is -0.105. The van der Waals surface area contributed by atoms with Crippen molar-refractivity contribution in [1.29, 1.82) is 0 Å². The van der Waals surface area contributed by atoms with E-state index < -0.39 is 0 Å². The number of nitrogens with zero attached hydrogens (tertiary/aromatic N) is 1. The van der Waals surface area contributed by atoms with Crippen LogP contribution in [0.15, 0.2) is 54.6 Å². The summed E-state index contributed by atoms with van der Waals surface area (Å²) in [6, 6.07) is 16.3. The van der Waals surface area contributed by atoms with E-state index >= 15 is 0 Å². The predicted octanol–water partition coefficient (Wildman–Crippen LogP) is 4.23. The number of benzene rings is 2. The molecule has 1 heterocycles. The van der Waals surface area contributed by atoms with Crippen LogP contribution in [-0.2, 0) is 16.0 Å². The van der Waals surface area contributed by atoms with E-state index in [4.69, 9.17) is 4.79 Å². The van der Waals surface area contributed by atoms with Crippen molar-refractivity contribution in [2.75, 3.05) is 18.5 Å². The summed E-state index contributed by atoms with van der Waals surface area (Å²) in [5, 5.41) is 0. The largest absolute Gasteiger partial charge is 0.333 e. The third-order valence-electron chi connectivity index (χ3n) is 4.01. The average molecular weight is 375 g/mol. The standard InChI is InChI=1S/C18H18FNO.C2H6.CH5N.CH2O/c19-16-8-10-17(11-9-16)20-12-4-7-15(18(20)21)13-14-5-2-1-3-6-14;3*1-2/h1-3,5-6,8-11,15H,4,7,12-13H2;1-2H3;2H2,1H3;1H2. The maximum Gasteiger partial charge on any atom is 0.230 e. The number of nitrogens with two attached hydrogens (primary N) is 1. The minimum atomic E-state index is -0.274. The molecule has 1 fully saturated rings. The molecule has 27 heavy (non-hydrogen) atoms. The first-order valence-electron chi connectivity index (χ1n) is 9.21. The Morgan fingerprint density at radius 2 is 1.59 bits per heavy atom. The van der Waals surface area contributed by atoms with E-state index in [9.17, 15) is 9.18 Å². The zero-order valence-corrected chi connectivity index (χ0v) is 16.5. The molecule has 2 aromatic carbocycles. The molecule has 4 nitrogen and oxygen atoms in total. The third kappa shape index (κ3) is 7.71. The number of rotatable bonds is 3. The molecule has 0 spiro atoms. The van der Waals surface area contributed by atoms with Crippen LogP contribution in [0.3, 0.4) is 0 Å². The molecule has 2 aromatic rings. The Balaban J connectivity index is 0.00000103. The lowest BCUT2D eigenvalue weighted by molar-refractivity contribution is -0.123. The Morgan fingerprint density at radius 1 is 1.04 bits per heavy atom. The molecule has 0 saturated carbocycles. The summed E-state index contributed by atoms with van der Waals surface area (Å²) in [6.07, 6.45) is 2.68. The Labute approximate surface area is 162 Å². The van der Waals surface area contributed by atoms with Crippen LogP contribution in [0, 0.1) is 11.7 Å². The maximum absolute atomic E-state index is 13.0. The van der Waals surface area contributed by atoms with Crippen LogP contribution in [0.5, 0.6) is 0 Å². The van der Waals surface area contributed by atoms with Gasteiger partial charge >= 0.3 is 0 Å². The Bertz CT molecular complexity index is 633. The van der Waals surface area contributed by atoms with E-state index in [2.05, 4.69) is 17.9 Å². The van der Waals surface area contributed by atoms with E-state index in [-0.39, 0.29) is 17.6 Å². The summed E-state index contributed by atoms with van der Waals surface area (Å²) < 4.78 is 13.0. The van der Waals surface area contributed by atoms with Gasteiger partial charge in [0.2, 0.25) is 5.91 Å². The monoisotopic (exact) mass is 374 g/mol. The molecule has 1 aliphatic heterocycles. The quantitative estimate of drug-likeness (QED) is 0.874. The molecule has 0 aromatic heterocycles. The van der Waals surface area contributed by atoms with Gasteiger partial charge in [0, 0.05) is 18.2 Å². The number of anilines is 1. The molecule has 2 N–H and O–H groups in total. The molecular weight excluding hydrogens is 343 g/mol. The van der Waals surface area contributed by atoms with Crippen LogP contribution in [0.1, 0.15) is 32.3 Å². The van der Waals surface area contributed by atoms with Crippen LogP contribution in [-0.4, -0.2) is 26.3 Å².